The monoisotopic (exact) mass is 429 g/mol. The Labute approximate surface area is 170 Å². The molecule has 2 saturated heterocycles. The maximum Gasteiger partial charge on any atom is 0.327 e. The van der Waals surface area contributed by atoms with Crippen molar-refractivity contribution >= 4 is 52.6 Å². The van der Waals surface area contributed by atoms with Crippen LogP contribution in [0, 0.1) is 0 Å². The normalized spacial score (nSPS) is 29.8. The van der Waals surface area contributed by atoms with Crippen LogP contribution in [0.5, 0.6) is 0 Å². The van der Waals surface area contributed by atoms with E-state index in [2.05, 4.69) is 5.32 Å². The zero-order valence-electron chi connectivity index (χ0n) is 15.5. The van der Waals surface area contributed by atoms with Crippen molar-refractivity contribution in [2.24, 2.45) is 5.73 Å². The SMILES string of the molecule is CCSc1ccsc1C(N)C(=O)N[C@@]1(C)C(=O)N2[C@@H](C(=O)O)C(C)(C)S[C@@H]21. The van der Waals surface area contributed by atoms with Crippen LogP contribution in [-0.2, 0) is 14.4 Å². The zero-order chi connectivity index (χ0) is 20.1. The van der Waals surface area contributed by atoms with Crippen LogP contribution >= 0.6 is 34.9 Å². The first-order chi connectivity index (χ1) is 12.5. The number of fused-ring (bicyclic) bond motifs is 1. The Morgan fingerprint density at radius 3 is 2.70 bits per heavy atom. The van der Waals surface area contributed by atoms with Crippen LogP contribution < -0.4 is 11.1 Å². The van der Waals surface area contributed by atoms with Gasteiger partial charge in [0.1, 0.15) is 23.0 Å². The number of carboxylic acid groups (broad SMARTS) is 1. The van der Waals surface area contributed by atoms with E-state index in [0.29, 0.717) is 0 Å². The number of hydrogen-bond acceptors (Lipinski definition) is 7. The number of carbonyl (C=O) groups is 3. The van der Waals surface area contributed by atoms with E-state index in [0.717, 1.165) is 15.5 Å². The molecule has 27 heavy (non-hydrogen) atoms. The molecule has 1 aromatic heterocycles. The largest absolute Gasteiger partial charge is 0.480 e. The molecule has 7 nitrogen and oxygen atoms in total. The molecular weight excluding hydrogens is 406 g/mol. The molecule has 2 aliphatic heterocycles. The highest BCUT2D eigenvalue weighted by molar-refractivity contribution is 8.01. The quantitative estimate of drug-likeness (QED) is 0.467. The average Bonchev–Trinajstić information content (AvgIpc) is 3.14. The molecule has 3 heterocycles. The number of hydrogen-bond donors (Lipinski definition) is 3. The van der Waals surface area contributed by atoms with Crippen LogP contribution in [0.1, 0.15) is 38.6 Å². The Bertz CT molecular complexity index is 796. The third kappa shape index (κ3) is 3.16. The minimum atomic E-state index is -1.16. The van der Waals surface area contributed by atoms with Crippen LogP contribution in [-0.4, -0.2) is 55.2 Å². The van der Waals surface area contributed by atoms with Gasteiger partial charge in [0.15, 0.2) is 0 Å². The number of thioether (sulfide) groups is 2. The Hall–Kier alpha value is -1.23. The van der Waals surface area contributed by atoms with E-state index in [1.165, 1.54) is 28.0 Å². The first kappa shape index (κ1) is 20.5. The van der Waals surface area contributed by atoms with Crippen molar-refractivity contribution in [3.05, 3.63) is 16.3 Å². The summed E-state index contributed by atoms with van der Waals surface area (Å²) in [6, 6.07) is 0.155. The Kier molecular flexibility index (Phi) is 5.30. The molecule has 0 aromatic carbocycles. The molecule has 1 aromatic rings. The van der Waals surface area contributed by atoms with Crippen molar-refractivity contribution in [1.29, 1.82) is 0 Å². The second-order valence-electron chi connectivity index (χ2n) is 7.28. The molecule has 0 spiro atoms. The molecule has 0 aliphatic carbocycles. The van der Waals surface area contributed by atoms with Gasteiger partial charge in [0, 0.05) is 14.5 Å². The van der Waals surface area contributed by atoms with Crippen LogP contribution in [0.4, 0.5) is 0 Å². The van der Waals surface area contributed by atoms with E-state index < -0.39 is 39.6 Å². The van der Waals surface area contributed by atoms with Crippen molar-refractivity contribution in [1.82, 2.24) is 10.2 Å². The second-order valence-corrected chi connectivity index (χ2v) is 11.3. The fourth-order valence-corrected chi connectivity index (χ4v) is 7.19. The van der Waals surface area contributed by atoms with Crippen LogP contribution in [0.3, 0.4) is 0 Å². The fraction of sp³-hybridized carbons (Fsp3) is 0.588. The Balaban J connectivity index is 1.78. The highest BCUT2D eigenvalue weighted by Gasteiger charge is 2.70. The van der Waals surface area contributed by atoms with E-state index in [-0.39, 0.29) is 5.91 Å². The summed E-state index contributed by atoms with van der Waals surface area (Å²) in [5.74, 6) is -0.975. The van der Waals surface area contributed by atoms with E-state index in [1.807, 2.05) is 18.4 Å². The molecule has 0 radical (unpaired) electrons. The number of amides is 2. The van der Waals surface area contributed by atoms with Gasteiger partial charge < -0.3 is 21.1 Å². The van der Waals surface area contributed by atoms with Crippen molar-refractivity contribution in [2.75, 3.05) is 5.75 Å². The van der Waals surface area contributed by atoms with Gasteiger partial charge in [-0.1, -0.05) is 6.92 Å². The highest BCUT2D eigenvalue weighted by Crippen LogP contribution is 2.54. The van der Waals surface area contributed by atoms with Gasteiger partial charge in [-0.25, -0.2) is 4.79 Å². The number of thiophene rings is 1. The summed E-state index contributed by atoms with van der Waals surface area (Å²) in [6.07, 6.45) is 0. The van der Waals surface area contributed by atoms with Gasteiger partial charge in [-0.2, -0.15) is 0 Å². The van der Waals surface area contributed by atoms with Crippen molar-refractivity contribution in [2.45, 2.75) is 60.3 Å². The number of β-lactam (4-membered cyclic amide) rings is 1. The second kappa shape index (κ2) is 6.98. The lowest BCUT2D eigenvalue weighted by Gasteiger charge is -2.51. The first-order valence-corrected chi connectivity index (χ1v) is 11.3. The summed E-state index contributed by atoms with van der Waals surface area (Å²) < 4.78 is -0.643. The maximum absolute atomic E-state index is 12.8. The van der Waals surface area contributed by atoms with Gasteiger partial charge in [0.2, 0.25) is 5.91 Å². The van der Waals surface area contributed by atoms with Crippen molar-refractivity contribution in [3.63, 3.8) is 0 Å². The Morgan fingerprint density at radius 2 is 2.11 bits per heavy atom. The number of nitrogens with two attached hydrogens (primary N) is 1. The summed E-state index contributed by atoms with van der Waals surface area (Å²) in [6.45, 7) is 7.27. The fourth-order valence-electron chi connectivity index (χ4n) is 3.60. The van der Waals surface area contributed by atoms with E-state index in [4.69, 9.17) is 5.73 Å². The van der Waals surface area contributed by atoms with Crippen molar-refractivity contribution < 1.29 is 19.5 Å². The minimum absolute atomic E-state index is 0.382. The van der Waals surface area contributed by atoms with Gasteiger partial charge in [-0.3, -0.25) is 9.59 Å². The van der Waals surface area contributed by atoms with Gasteiger partial charge in [0.05, 0.1) is 0 Å². The first-order valence-electron chi connectivity index (χ1n) is 8.55. The summed E-state index contributed by atoms with van der Waals surface area (Å²) >= 11 is 4.43. The van der Waals surface area contributed by atoms with Gasteiger partial charge in [-0.05, 0) is 38.0 Å². The number of nitrogens with zero attached hydrogens (tertiary/aromatic N) is 1. The topological polar surface area (TPSA) is 113 Å². The molecule has 2 amide bonds. The van der Waals surface area contributed by atoms with Crippen LogP contribution in [0.15, 0.2) is 16.3 Å². The molecular formula is C17H23N3O4S3. The third-order valence-corrected chi connectivity index (χ3v) is 8.75. The molecule has 0 saturated carbocycles. The maximum atomic E-state index is 12.8. The number of carbonyl (C=O) groups excluding carboxylic acids is 2. The predicted octanol–water partition coefficient (Wildman–Crippen LogP) is 1.88. The summed E-state index contributed by atoms with van der Waals surface area (Å²) in [7, 11) is 0. The molecule has 4 N–H and O–H groups in total. The minimum Gasteiger partial charge on any atom is -0.480 e. The molecule has 2 aliphatic rings. The summed E-state index contributed by atoms with van der Waals surface area (Å²) in [5.41, 5.74) is 5.01. The molecule has 148 valence electrons. The lowest BCUT2D eigenvalue weighted by atomic mass is 9.86. The van der Waals surface area contributed by atoms with Gasteiger partial charge in [0.25, 0.3) is 5.91 Å². The van der Waals surface area contributed by atoms with Crippen LogP contribution in [0.2, 0.25) is 0 Å². The number of nitrogens with one attached hydrogen (secondary N) is 1. The summed E-state index contributed by atoms with van der Waals surface area (Å²) in [5, 5.41) is 13.8. The Morgan fingerprint density at radius 1 is 1.44 bits per heavy atom. The zero-order valence-corrected chi connectivity index (χ0v) is 18.0. The summed E-state index contributed by atoms with van der Waals surface area (Å²) in [4.78, 5) is 40.3. The smallest absolute Gasteiger partial charge is 0.327 e. The predicted molar refractivity (Wildman–Crippen MR) is 108 cm³/mol. The molecule has 10 heteroatoms. The van der Waals surface area contributed by atoms with E-state index in [1.54, 1.807) is 32.5 Å². The molecule has 1 unspecified atom stereocenters. The molecule has 2 fully saturated rings. The van der Waals surface area contributed by atoms with Gasteiger partial charge >= 0.3 is 5.97 Å². The molecule has 0 bridgehead atoms. The van der Waals surface area contributed by atoms with Crippen LogP contribution in [0.25, 0.3) is 0 Å². The van der Waals surface area contributed by atoms with E-state index in [9.17, 15) is 19.5 Å². The highest BCUT2D eigenvalue weighted by atomic mass is 32.2. The standard InChI is InChI=1S/C17H23N3O4S3/c1-5-25-8-6-7-26-10(8)9(18)12(21)19-17(4)14(24)20-11(13(22)23)16(2,3)27-15(17)20/h6-7,9,11,15H,5,18H2,1-4H3,(H,19,21)(H,22,23)/t9?,11-,15+,17-/m0/s1. The third-order valence-electron chi connectivity index (χ3n) is 4.92. The lowest BCUT2D eigenvalue weighted by molar-refractivity contribution is -0.168. The van der Waals surface area contributed by atoms with Crippen molar-refractivity contribution in [3.8, 4) is 0 Å². The van der Waals surface area contributed by atoms with Gasteiger partial charge in [-0.15, -0.1) is 34.9 Å². The molecule has 3 rings (SSSR count). The average molecular weight is 430 g/mol. The number of rotatable bonds is 6. The lowest BCUT2D eigenvalue weighted by Crippen LogP contribution is -2.78. The number of aliphatic carboxylic acids is 1. The molecule has 4 atom stereocenters. The number of carboxylic acids is 1. The van der Waals surface area contributed by atoms with E-state index >= 15 is 0 Å².